The van der Waals surface area contributed by atoms with E-state index < -0.39 is 0 Å². The Labute approximate surface area is 108 Å². The van der Waals surface area contributed by atoms with Crippen LogP contribution < -0.4 is 16.0 Å². The van der Waals surface area contributed by atoms with E-state index in [1.807, 2.05) is 38.1 Å². The number of hydrogen-bond donors (Lipinski definition) is 2. The van der Waals surface area contributed by atoms with Gasteiger partial charge in [0, 0.05) is 6.61 Å². The fraction of sp³-hybridized carbons (Fsp3) is 0.571. The number of rotatable bonds is 7. The highest BCUT2D eigenvalue weighted by Crippen LogP contribution is 2.29. The zero-order chi connectivity index (χ0) is 13.0. The molecule has 0 amide bonds. The summed E-state index contributed by atoms with van der Waals surface area (Å²) < 4.78 is 11.4. The molecule has 1 aromatic rings. The molecular formula is C14H22N2O2. The standard InChI is InChI=1S/C14H22N2O2/c1-3-17-10(2)14(16-15)11-5-4-6-13(9-11)18-12-7-8-12/h4-6,9-10,12,14,16H,3,7-8,15H2,1-2H3. The van der Waals surface area contributed by atoms with E-state index in [0.29, 0.717) is 12.7 Å². The number of benzene rings is 1. The molecule has 0 aliphatic heterocycles. The minimum absolute atomic E-state index is 0.0206. The Morgan fingerprint density at radius 2 is 2.22 bits per heavy atom. The Morgan fingerprint density at radius 1 is 1.44 bits per heavy atom. The third-order valence-corrected chi connectivity index (χ3v) is 3.12. The summed E-state index contributed by atoms with van der Waals surface area (Å²) >= 11 is 0. The molecule has 1 aliphatic rings. The topological polar surface area (TPSA) is 56.5 Å². The average molecular weight is 250 g/mol. The van der Waals surface area contributed by atoms with Crippen molar-refractivity contribution in [2.75, 3.05) is 6.61 Å². The van der Waals surface area contributed by atoms with Crippen LogP contribution in [0.2, 0.25) is 0 Å². The molecule has 0 radical (unpaired) electrons. The van der Waals surface area contributed by atoms with E-state index in [4.69, 9.17) is 15.3 Å². The number of nitrogens with two attached hydrogens (primary N) is 1. The molecule has 0 aromatic heterocycles. The van der Waals surface area contributed by atoms with Crippen LogP contribution in [0.1, 0.15) is 38.3 Å². The molecule has 0 saturated heterocycles. The van der Waals surface area contributed by atoms with Gasteiger partial charge in [0.25, 0.3) is 0 Å². The van der Waals surface area contributed by atoms with Crippen molar-refractivity contribution in [2.24, 2.45) is 5.84 Å². The average Bonchev–Trinajstić information content (AvgIpc) is 3.15. The van der Waals surface area contributed by atoms with Gasteiger partial charge >= 0.3 is 0 Å². The summed E-state index contributed by atoms with van der Waals surface area (Å²) in [5.41, 5.74) is 3.91. The molecule has 18 heavy (non-hydrogen) atoms. The molecule has 2 unspecified atom stereocenters. The predicted molar refractivity (Wildman–Crippen MR) is 71.2 cm³/mol. The van der Waals surface area contributed by atoms with Crippen LogP contribution in [-0.4, -0.2) is 18.8 Å². The molecule has 1 aromatic carbocycles. The van der Waals surface area contributed by atoms with Crippen LogP contribution in [0.15, 0.2) is 24.3 Å². The molecule has 1 aliphatic carbocycles. The Kier molecular flexibility index (Phi) is 4.58. The summed E-state index contributed by atoms with van der Waals surface area (Å²) in [5.74, 6) is 6.54. The quantitative estimate of drug-likeness (QED) is 0.575. The van der Waals surface area contributed by atoms with E-state index in [1.165, 1.54) is 0 Å². The third kappa shape index (κ3) is 3.45. The smallest absolute Gasteiger partial charge is 0.120 e. The summed E-state index contributed by atoms with van der Waals surface area (Å²) in [4.78, 5) is 0. The Balaban J connectivity index is 2.08. The highest BCUT2D eigenvalue weighted by atomic mass is 16.5. The lowest BCUT2D eigenvalue weighted by molar-refractivity contribution is 0.0472. The van der Waals surface area contributed by atoms with Gasteiger partial charge in [-0.25, -0.2) is 0 Å². The normalized spacial score (nSPS) is 18.4. The molecule has 1 saturated carbocycles. The molecular weight excluding hydrogens is 228 g/mol. The first-order valence-electron chi connectivity index (χ1n) is 6.59. The molecule has 4 heteroatoms. The van der Waals surface area contributed by atoms with Gasteiger partial charge < -0.3 is 9.47 Å². The first-order chi connectivity index (χ1) is 8.74. The van der Waals surface area contributed by atoms with Crippen molar-refractivity contribution in [3.8, 4) is 5.75 Å². The first kappa shape index (κ1) is 13.3. The molecule has 3 N–H and O–H groups in total. The monoisotopic (exact) mass is 250 g/mol. The lowest BCUT2D eigenvalue weighted by atomic mass is 10.0. The van der Waals surface area contributed by atoms with Crippen molar-refractivity contribution in [1.29, 1.82) is 0 Å². The van der Waals surface area contributed by atoms with E-state index in [9.17, 15) is 0 Å². The summed E-state index contributed by atoms with van der Waals surface area (Å²) in [6.45, 7) is 4.68. The largest absolute Gasteiger partial charge is 0.490 e. The van der Waals surface area contributed by atoms with Gasteiger partial charge in [0.15, 0.2) is 0 Å². The van der Waals surface area contributed by atoms with Crippen molar-refractivity contribution in [3.63, 3.8) is 0 Å². The van der Waals surface area contributed by atoms with Crippen molar-refractivity contribution in [1.82, 2.24) is 5.43 Å². The lowest BCUT2D eigenvalue weighted by Gasteiger charge is -2.23. The van der Waals surface area contributed by atoms with Gasteiger partial charge in [-0.05, 0) is 44.4 Å². The van der Waals surface area contributed by atoms with Crippen LogP contribution in [0.5, 0.6) is 5.75 Å². The summed E-state index contributed by atoms with van der Waals surface area (Å²) in [5, 5.41) is 0. The minimum Gasteiger partial charge on any atom is -0.490 e. The van der Waals surface area contributed by atoms with Crippen molar-refractivity contribution in [3.05, 3.63) is 29.8 Å². The fourth-order valence-electron chi connectivity index (χ4n) is 2.02. The van der Waals surface area contributed by atoms with Crippen LogP contribution in [-0.2, 0) is 4.74 Å². The molecule has 1 fully saturated rings. The Hall–Kier alpha value is -1.10. The number of hydrogen-bond acceptors (Lipinski definition) is 4. The molecule has 2 atom stereocenters. The second-order valence-electron chi connectivity index (χ2n) is 4.69. The van der Waals surface area contributed by atoms with Crippen molar-refractivity contribution >= 4 is 0 Å². The van der Waals surface area contributed by atoms with Gasteiger partial charge in [0.1, 0.15) is 5.75 Å². The van der Waals surface area contributed by atoms with Crippen molar-refractivity contribution < 1.29 is 9.47 Å². The molecule has 0 heterocycles. The van der Waals surface area contributed by atoms with Gasteiger partial charge in [-0.3, -0.25) is 11.3 Å². The SMILES string of the molecule is CCOC(C)C(NN)c1cccc(OC2CC2)c1. The van der Waals surface area contributed by atoms with Gasteiger partial charge in [-0.1, -0.05) is 12.1 Å². The van der Waals surface area contributed by atoms with E-state index in [0.717, 1.165) is 24.2 Å². The van der Waals surface area contributed by atoms with Crippen LogP contribution in [0.4, 0.5) is 0 Å². The highest BCUT2D eigenvalue weighted by molar-refractivity contribution is 5.31. The molecule has 2 rings (SSSR count). The van der Waals surface area contributed by atoms with E-state index in [2.05, 4.69) is 5.43 Å². The summed E-state index contributed by atoms with van der Waals surface area (Å²) in [7, 11) is 0. The number of hydrazine groups is 1. The van der Waals surface area contributed by atoms with Gasteiger partial charge in [-0.2, -0.15) is 0 Å². The fourth-order valence-corrected chi connectivity index (χ4v) is 2.02. The van der Waals surface area contributed by atoms with E-state index in [-0.39, 0.29) is 12.1 Å². The second-order valence-corrected chi connectivity index (χ2v) is 4.69. The molecule has 0 bridgehead atoms. The zero-order valence-electron chi connectivity index (χ0n) is 11.1. The van der Waals surface area contributed by atoms with Crippen LogP contribution in [0.3, 0.4) is 0 Å². The van der Waals surface area contributed by atoms with Gasteiger partial charge in [0.2, 0.25) is 0 Å². The minimum atomic E-state index is -0.0206. The molecule has 4 nitrogen and oxygen atoms in total. The predicted octanol–water partition coefficient (Wildman–Crippen LogP) is 2.16. The van der Waals surface area contributed by atoms with Crippen LogP contribution in [0, 0.1) is 0 Å². The van der Waals surface area contributed by atoms with Gasteiger partial charge in [0.05, 0.1) is 18.2 Å². The lowest BCUT2D eigenvalue weighted by Crippen LogP contribution is -2.36. The maximum atomic E-state index is 5.79. The third-order valence-electron chi connectivity index (χ3n) is 3.12. The van der Waals surface area contributed by atoms with E-state index in [1.54, 1.807) is 0 Å². The second kappa shape index (κ2) is 6.18. The Bertz CT molecular complexity index is 380. The molecule has 0 spiro atoms. The maximum Gasteiger partial charge on any atom is 0.120 e. The van der Waals surface area contributed by atoms with Gasteiger partial charge in [-0.15, -0.1) is 0 Å². The number of nitrogens with one attached hydrogen (secondary N) is 1. The zero-order valence-corrected chi connectivity index (χ0v) is 11.1. The maximum absolute atomic E-state index is 5.79. The first-order valence-corrected chi connectivity index (χ1v) is 6.59. The van der Waals surface area contributed by atoms with E-state index >= 15 is 0 Å². The summed E-state index contributed by atoms with van der Waals surface area (Å²) in [6, 6.07) is 8.04. The van der Waals surface area contributed by atoms with Crippen molar-refractivity contribution in [2.45, 2.75) is 44.9 Å². The molecule has 100 valence electrons. The highest BCUT2D eigenvalue weighted by Gasteiger charge is 2.24. The Morgan fingerprint density at radius 3 is 2.83 bits per heavy atom. The summed E-state index contributed by atoms with van der Waals surface area (Å²) in [6.07, 6.45) is 2.76. The van der Waals surface area contributed by atoms with Crippen LogP contribution >= 0.6 is 0 Å². The number of ether oxygens (including phenoxy) is 2. The van der Waals surface area contributed by atoms with Crippen LogP contribution in [0.25, 0.3) is 0 Å².